The van der Waals surface area contributed by atoms with Crippen molar-refractivity contribution in [3.05, 3.63) is 82.9 Å². The zero-order valence-electron chi connectivity index (χ0n) is 13.3. The molecule has 24 heavy (non-hydrogen) atoms. The van der Waals surface area contributed by atoms with Crippen LogP contribution in [0.4, 0.5) is 0 Å². The van der Waals surface area contributed by atoms with E-state index in [2.05, 4.69) is 38.1 Å². The molecule has 1 aromatic heterocycles. The van der Waals surface area contributed by atoms with Crippen molar-refractivity contribution in [2.45, 2.75) is 31.4 Å². The molecular weight excluding hydrogens is 366 g/mol. The zero-order chi connectivity index (χ0) is 16.8. The monoisotopic (exact) mass is 385 g/mol. The number of hydrogen-bond donors (Lipinski definition) is 1. The van der Waals surface area contributed by atoms with Gasteiger partial charge in [0, 0.05) is 4.47 Å². The van der Waals surface area contributed by atoms with Gasteiger partial charge >= 0.3 is 0 Å². The maximum atomic E-state index is 11.3. The van der Waals surface area contributed by atoms with E-state index < -0.39 is 5.60 Å². The molecule has 2 aromatic carbocycles. The minimum Gasteiger partial charge on any atom is -0.383 e. The highest BCUT2D eigenvalue weighted by Crippen LogP contribution is 2.30. The molecule has 0 fully saturated rings. The lowest BCUT2D eigenvalue weighted by molar-refractivity contribution is 0.00443. The minimum atomic E-state index is -0.969. The molecule has 0 spiro atoms. The van der Waals surface area contributed by atoms with Crippen LogP contribution in [0.3, 0.4) is 0 Å². The van der Waals surface area contributed by atoms with Gasteiger partial charge in [0.2, 0.25) is 0 Å². The maximum absolute atomic E-state index is 11.3. The molecule has 1 unspecified atom stereocenters. The van der Waals surface area contributed by atoms with Gasteiger partial charge in [0.1, 0.15) is 18.3 Å². The van der Waals surface area contributed by atoms with E-state index in [0.717, 1.165) is 22.9 Å². The summed E-state index contributed by atoms with van der Waals surface area (Å²) in [6.07, 6.45) is 5.62. The quantitative estimate of drug-likeness (QED) is 0.669. The van der Waals surface area contributed by atoms with Crippen LogP contribution in [0.25, 0.3) is 0 Å². The van der Waals surface area contributed by atoms with Crippen LogP contribution in [-0.4, -0.2) is 19.9 Å². The van der Waals surface area contributed by atoms with Gasteiger partial charge in [-0.15, -0.1) is 0 Å². The summed E-state index contributed by atoms with van der Waals surface area (Å²) in [6.45, 7) is 0.392. The van der Waals surface area contributed by atoms with Crippen LogP contribution < -0.4 is 0 Å². The highest BCUT2D eigenvalue weighted by molar-refractivity contribution is 9.10. The van der Waals surface area contributed by atoms with Gasteiger partial charge < -0.3 is 5.11 Å². The summed E-state index contributed by atoms with van der Waals surface area (Å²) >= 11 is 3.45. The molecule has 0 aliphatic heterocycles. The van der Waals surface area contributed by atoms with Gasteiger partial charge in [-0.2, -0.15) is 5.10 Å². The molecule has 0 radical (unpaired) electrons. The van der Waals surface area contributed by atoms with Crippen LogP contribution >= 0.6 is 15.9 Å². The molecule has 1 heterocycles. The Labute approximate surface area is 150 Å². The number of benzene rings is 2. The largest absolute Gasteiger partial charge is 0.383 e. The lowest BCUT2D eigenvalue weighted by Gasteiger charge is -2.29. The van der Waals surface area contributed by atoms with Crippen LogP contribution in [0.5, 0.6) is 0 Å². The predicted octanol–water partition coefficient (Wildman–Crippen LogP) is 3.95. The van der Waals surface area contributed by atoms with Crippen molar-refractivity contribution in [3.8, 4) is 0 Å². The number of aryl methyl sites for hydroxylation is 1. The first-order valence-electron chi connectivity index (χ1n) is 8.00. The van der Waals surface area contributed by atoms with Crippen molar-refractivity contribution in [1.82, 2.24) is 14.8 Å². The Morgan fingerprint density at radius 3 is 2.46 bits per heavy atom. The molecule has 5 heteroatoms. The highest BCUT2D eigenvalue weighted by atomic mass is 79.9. The summed E-state index contributed by atoms with van der Waals surface area (Å²) in [7, 11) is 0. The standard InChI is InChI=1S/C19H20BrN3O/c20-18-10-8-17(9-11-18)19(24,13-23-15-21-14-22-23)12-4-7-16-5-2-1-3-6-16/h1-3,5-6,8-11,14-15,24H,4,7,12-13H2. The molecule has 0 saturated heterocycles. The smallest absolute Gasteiger partial charge is 0.137 e. The second-order valence-corrected chi connectivity index (χ2v) is 6.89. The molecule has 0 aliphatic rings. The predicted molar refractivity (Wildman–Crippen MR) is 97.4 cm³/mol. The Hall–Kier alpha value is -1.98. The normalized spacial score (nSPS) is 13.6. The summed E-state index contributed by atoms with van der Waals surface area (Å²) in [5.41, 5.74) is 1.22. The molecule has 3 rings (SSSR count). The first-order valence-corrected chi connectivity index (χ1v) is 8.80. The summed E-state index contributed by atoms with van der Waals surface area (Å²) in [6, 6.07) is 18.2. The molecule has 1 N–H and O–H groups in total. The summed E-state index contributed by atoms with van der Waals surface area (Å²) in [5.74, 6) is 0. The van der Waals surface area contributed by atoms with Crippen molar-refractivity contribution >= 4 is 15.9 Å². The van der Waals surface area contributed by atoms with Gasteiger partial charge in [0.25, 0.3) is 0 Å². The summed E-state index contributed by atoms with van der Waals surface area (Å²) in [5, 5.41) is 15.5. The van der Waals surface area contributed by atoms with Crippen molar-refractivity contribution in [2.75, 3.05) is 0 Å². The number of aliphatic hydroxyl groups is 1. The van der Waals surface area contributed by atoms with E-state index in [-0.39, 0.29) is 0 Å². The van der Waals surface area contributed by atoms with E-state index in [4.69, 9.17) is 0 Å². The van der Waals surface area contributed by atoms with E-state index in [1.54, 1.807) is 11.0 Å². The van der Waals surface area contributed by atoms with E-state index in [0.29, 0.717) is 13.0 Å². The first-order chi connectivity index (χ1) is 11.7. The molecule has 1 atom stereocenters. The van der Waals surface area contributed by atoms with Crippen molar-refractivity contribution in [3.63, 3.8) is 0 Å². The second kappa shape index (κ2) is 7.73. The summed E-state index contributed by atoms with van der Waals surface area (Å²) < 4.78 is 2.68. The van der Waals surface area contributed by atoms with Crippen LogP contribution in [0.1, 0.15) is 24.0 Å². The van der Waals surface area contributed by atoms with Crippen LogP contribution in [-0.2, 0) is 18.6 Å². The van der Waals surface area contributed by atoms with E-state index in [9.17, 15) is 5.11 Å². The topological polar surface area (TPSA) is 50.9 Å². The minimum absolute atomic E-state index is 0.392. The van der Waals surface area contributed by atoms with E-state index >= 15 is 0 Å². The fraction of sp³-hybridized carbons (Fsp3) is 0.263. The van der Waals surface area contributed by atoms with E-state index in [1.165, 1.54) is 11.9 Å². The molecule has 124 valence electrons. The Bertz CT molecular complexity index is 744. The fourth-order valence-electron chi connectivity index (χ4n) is 2.89. The zero-order valence-corrected chi connectivity index (χ0v) is 14.9. The van der Waals surface area contributed by atoms with Gasteiger partial charge in [-0.05, 0) is 42.5 Å². The van der Waals surface area contributed by atoms with E-state index in [1.807, 2.05) is 42.5 Å². The van der Waals surface area contributed by atoms with Crippen LogP contribution in [0.15, 0.2) is 71.7 Å². The van der Waals surface area contributed by atoms with Crippen molar-refractivity contribution in [2.24, 2.45) is 0 Å². The average molecular weight is 386 g/mol. The van der Waals surface area contributed by atoms with Gasteiger partial charge in [0.05, 0.1) is 6.54 Å². The maximum Gasteiger partial charge on any atom is 0.137 e. The summed E-state index contributed by atoms with van der Waals surface area (Å²) in [4.78, 5) is 3.98. The molecule has 0 saturated carbocycles. The molecule has 0 amide bonds. The molecule has 0 aliphatic carbocycles. The fourth-order valence-corrected chi connectivity index (χ4v) is 3.15. The number of aromatic nitrogens is 3. The SMILES string of the molecule is OC(CCCc1ccccc1)(Cn1cncn1)c1ccc(Br)cc1. The molecule has 3 aromatic rings. The Morgan fingerprint density at radius 1 is 1.04 bits per heavy atom. The molecule has 4 nitrogen and oxygen atoms in total. The van der Waals surface area contributed by atoms with Gasteiger partial charge in [0.15, 0.2) is 0 Å². The van der Waals surface area contributed by atoms with Crippen molar-refractivity contribution in [1.29, 1.82) is 0 Å². The third-order valence-electron chi connectivity index (χ3n) is 4.17. The Morgan fingerprint density at radius 2 is 1.79 bits per heavy atom. The lowest BCUT2D eigenvalue weighted by Crippen LogP contribution is -2.32. The van der Waals surface area contributed by atoms with Gasteiger partial charge in [-0.3, -0.25) is 0 Å². The van der Waals surface area contributed by atoms with Crippen LogP contribution in [0, 0.1) is 0 Å². The Kier molecular flexibility index (Phi) is 5.43. The molecular formula is C19H20BrN3O. The number of nitrogens with zero attached hydrogens (tertiary/aromatic N) is 3. The average Bonchev–Trinajstić information content (AvgIpc) is 3.09. The first kappa shape index (κ1) is 16.9. The molecule has 0 bridgehead atoms. The Balaban J connectivity index is 1.75. The van der Waals surface area contributed by atoms with Crippen LogP contribution in [0.2, 0.25) is 0 Å². The second-order valence-electron chi connectivity index (χ2n) is 5.97. The lowest BCUT2D eigenvalue weighted by atomic mass is 9.87. The third kappa shape index (κ3) is 4.30. The highest BCUT2D eigenvalue weighted by Gasteiger charge is 2.29. The third-order valence-corrected chi connectivity index (χ3v) is 4.70. The number of rotatable bonds is 7. The number of halogens is 1. The van der Waals surface area contributed by atoms with Crippen molar-refractivity contribution < 1.29 is 5.11 Å². The number of hydrogen-bond acceptors (Lipinski definition) is 3. The van der Waals surface area contributed by atoms with Gasteiger partial charge in [-0.1, -0.05) is 58.4 Å². The van der Waals surface area contributed by atoms with Gasteiger partial charge in [-0.25, -0.2) is 9.67 Å².